The van der Waals surface area contributed by atoms with Crippen molar-refractivity contribution in [2.45, 2.75) is 13.3 Å². The van der Waals surface area contributed by atoms with E-state index in [2.05, 4.69) is 4.98 Å². The van der Waals surface area contributed by atoms with Crippen molar-refractivity contribution in [2.75, 3.05) is 0 Å². The Morgan fingerprint density at radius 3 is 2.57 bits per heavy atom. The Labute approximate surface area is 88.8 Å². The number of carbonyl (C=O) groups is 1. The smallest absolute Gasteiger partial charge is 0.275 e. The third-order valence-corrected chi connectivity index (χ3v) is 2.02. The van der Waals surface area contributed by atoms with Gasteiger partial charge in [-0.25, -0.2) is 8.78 Å². The van der Waals surface area contributed by atoms with Crippen LogP contribution in [-0.2, 0) is 0 Å². The highest BCUT2D eigenvalue weighted by Gasteiger charge is 2.22. The average molecular weight is 240 g/mol. The predicted molar refractivity (Wildman–Crippen MR) is 49.1 cm³/mol. The molecule has 1 rings (SSSR count). The first-order valence-electron chi connectivity index (χ1n) is 3.58. The second-order valence-corrected chi connectivity index (χ2v) is 3.33. The van der Waals surface area contributed by atoms with Crippen molar-refractivity contribution in [3.05, 3.63) is 28.0 Å². The molecule has 0 N–H and O–H groups in total. The van der Waals surface area contributed by atoms with Gasteiger partial charge in [0.15, 0.2) is 0 Å². The average Bonchev–Trinajstić information content (AvgIpc) is 2.01. The molecule has 0 spiro atoms. The second-order valence-electron chi connectivity index (χ2n) is 2.58. The quantitative estimate of drug-likeness (QED) is 0.742. The molecule has 1 aromatic heterocycles. The molecule has 0 amide bonds. The van der Waals surface area contributed by atoms with Crippen molar-refractivity contribution >= 4 is 28.4 Å². The van der Waals surface area contributed by atoms with Gasteiger partial charge in [-0.15, -0.1) is 0 Å². The molecule has 2 nitrogen and oxygen atoms in total. The number of alkyl halides is 2. The molecule has 76 valence electrons. The molecule has 0 radical (unpaired) electrons. The molecule has 6 heteroatoms. The maximum absolute atomic E-state index is 12.4. The summed E-state index contributed by atoms with van der Waals surface area (Å²) in [4.78, 5) is 14.3. The van der Waals surface area contributed by atoms with E-state index in [-0.39, 0.29) is 5.02 Å². The number of halogens is 4. The van der Waals surface area contributed by atoms with Gasteiger partial charge >= 0.3 is 0 Å². The highest BCUT2D eigenvalue weighted by molar-refractivity contribution is 6.69. The van der Waals surface area contributed by atoms with Crippen LogP contribution in [0.25, 0.3) is 0 Å². The predicted octanol–water partition coefficient (Wildman–Crippen LogP) is 3.36. The molecule has 0 saturated heterocycles. The van der Waals surface area contributed by atoms with E-state index in [4.69, 9.17) is 23.2 Å². The summed E-state index contributed by atoms with van der Waals surface area (Å²) in [5, 5.41) is -1.13. The number of carbonyl (C=O) groups excluding carboxylic acids is 1. The molecular formula is C8H5Cl2F2NO. The van der Waals surface area contributed by atoms with Crippen molar-refractivity contribution in [3.8, 4) is 0 Å². The number of hydrogen-bond donors (Lipinski definition) is 0. The van der Waals surface area contributed by atoms with Crippen LogP contribution in [0.3, 0.4) is 0 Å². The van der Waals surface area contributed by atoms with Crippen LogP contribution in [0.15, 0.2) is 6.07 Å². The number of rotatable bonds is 2. The molecule has 0 saturated carbocycles. The Balaban J connectivity index is 3.44. The SMILES string of the molecule is Cc1cc(Cl)c(C(=O)Cl)c(C(F)F)n1. The number of aryl methyl sites for hydroxylation is 1. The van der Waals surface area contributed by atoms with E-state index in [1.807, 2.05) is 0 Å². The first kappa shape index (κ1) is 11.3. The normalized spacial score (nSPS) is 10.7. The topological polar surface area (TPSA) is 30.0 Å². The Morgan fingerprint density at radius 1 is 1.57 bits per heavy atom. The highest BCUT2D eigenvalue weighted by Crippen LogP contribution is 2.28. The van der Waals surface area contributed by atoms with Crippen molar-refractivity contribution < 1.29 is 13.6 Å². The minimum absolute atomic E-state index is 0.104. The van der Waals surface area contributed by atoms with Gasteiger partial charge in [0.1, 0.15) is 5.69 Å². The van der Waals surface area contributed by atoms with Crippen LogP contribution in [0.5, 0.6) is 0 Å². The van der Waals surface area contributed by atoms with Crippen molar-refractivity contribution in [3.63, 3.8) is 0 Å². The number of pyridine rings is 1. The molecule has 0 aliphatic carbocycles. The van der Waals surface area contributed by atoms with Gasteiger partial charge < -0.3 is 0 Å². The molecular weight excluding hydrogens is 235 g/mol. The maximum atomic E-state index is 12.4. The van der Waals surface area contributed by atoms with Gasteiger partial charge in [0.05, 0.1) is 10.6 Å². The van der Waals surface area contributed by atoms with Gasteiger partial charge in [-0.3, -0.25) is 9.78 Å². The van der Waals surface area contributed by atoms with E-state index in [1.54, 1.807) is 0 Å². The van der Waals surface area contributed by atoms with Crippen molar-refractivity contribution in [1.82, 2.24) is 4.98 Å². The summed E-state index contributed by atoms with van der Waals surface area (Å²) < 4.78 is 24.8. The molecule has 0 atom stereocenters. The van der Waals surface area contributed by atoms with E-state index in [0.717, 1.165) is 0 Å². The van der Waals surface area contributed by atoms with Gasteiger partial charge in [0.2, 0.25) is 0 Å². The number of aromatic nitrogens is 1. The zero-order chi connectivity index (χ0) is 10.9. The van der Waals surface area contributed by atoms with Gasteiger partial charge in [0.25, 0.3) is 11.7 Å². The van der Waals surface area contributed by atoms with Gasteiger partial charge in [-0.05, 0) is 24.6 Å². The summed E-state index contributed by atoms with van der Waals surface area (Å²) in [6.45, 7) is 1.50. The molecule has 0 unspecified atom stereocenters. The van der Waals surface area contributed by atoms with Gasteiger partial charge in [0, 0.05) is 5.69 Å². The first-order chi connectivity index (χ1) is 6.43. The lowest BCUT2D eigenvalue weighted by atomic mass is 10.2. The fraction of sp³-hybridized carbons (Fsp3) is 0.250. The van der Waals surface area contributed by atoms with Crippen LogP contribution in [-0.4, -0.2) is 10.2 Å². The number of hydrogen-bond acceptors (Lipinski definition) is 2. The molecule has 0 fully saturated rings. The molecule has 1 aromatic rings. The second kappa shape index (κ2) is 4.19. The molecule has 14 heavy (non-hydrogen) atoms. The van der Waals surface area contributed by atoms with E-state index >= 15 is 0 Å². The molecule has 0 bridgehead atoms. The summed E-state index contributed by atoms with van der Waals surface area (Å²) in [5.74, 6) is 0. The molecule has 0 aliphatic rings. The van der Waals surface area contributed by atoms with Crippen LogP contribution in [0.1, 0.15) is 28.2 Å². The maximum Gasteiger partial charge on any atom is 0.281 e. The lowest BCUT2D eigenvalue weighted by molar-refractivity contribution is 0.106. The monoisotopic (exact) mass is 239 g/mol. The van der Waals surface area contributed by atoms with Crippen LogP contribution in [0.2, 0.25) is 5.02 Å². The van der Waals surface area contributed by atoms with Crippen LogP contribution >= 0.6 is 23.2 Å². The third-order valence-electron chi connectivity index (χ3n) is 1.53. The fourth-order valence-electron chi connectivity index (χ4n) is 1.01. The minimum Gasteiger partial charge on any atom is -0.275 e. The summed E-state index contributed by atoms with van der Waals surface area (Å²) >= 11 is 10.7. The molecule has 0 aliphatic heterocycles. The third kappa shape index (κ3) is 2.19. The van der Waals surface area contributed by atoms with Gasteiger partial charge in [-0.1, -0.05) is 11.6 Å². The summed E-state index contributed by atoms with van der Waals surface area (Å²) in [5.41, 5.74) is -0.782. The van der Waals surface area contributed by atoms with Crippen LogP contribution < -0.4 is 0 Å². The minimum atomic E-state index is -2.87. The summed E-state index contributed by atoms with van der Waals surface area (Å²) in [6.07, 6.45) is -2.87. The standard InChI is InChI=1S/C8H5Cl2F2NO/c1-3-2-4(9)5(7(10)14)6(13-3)8(11)12/h2,8H,1H3. The van der Waals surface area contributed by atoms with E-state index in [1.165, 1.54) is 13.0 Å². The highest BCUT2D eigenvalue weighted by atomic mass is 35.5. The Bertz CT molecular complexity index is 382. The van der Waals surface area contributed by atoms with Crippen LogP contribution in [0, 0.1) is 6.92 Å². The largest absolute Gasteiger partial charge is 0.281 e. The first-order valence-corrected chi connectivity index (χ1v) is 4.34. The van der Waals surface area contributed by atoms with Gasteiger partial charge in [-0.2, -0.15) is 0 Å². The fourth-order valence-corrected chi connectivity index (χ4v) is 1.60. The lowest BCUT2D eigenvalue weighted by Crippen LogP contribution is -2.04. The lowest BCUT2D eigenvalue weighted by Gasteiger charge is -2.07. The summed E-state index contributed by atoms with van der Waals surface area (Å²) in [6, 6.07) is 1.31. The van der Waals surface area contributed by atoms with Crippen LogP contribution in [0.4, 0.5) is 8.78 Å². The van der Waals surface area contributed by atoms with Crippen molar-refractivity contribution in [1.29, 1.82) is 0 Å². The zero-order valence-corrected chi connectivity index (χ0v) is 8.53. The van der Waals surface area contributed by atoms with Crippen molar-refractivity contribution in [2.24, 2.45) is 0 Å². The van der Waals surface area contributed by atoms with E-state index in [9.17, 15) is 13.6 Å². The number of nitrogens with zero attached hydrogens (tertiary/aromatic N) is 1. The Hall–Kier alpha value is -0.740. The van der Waals surface area contributed by atoms with E-state index in [0.29, 0.717) is 5.69 Å². The Kier molecular flexibility index (Phi) is 3.39. The Morgan fingerprint density at radius 2 is 2.14 bits per heavy atom. The molecule has 0 aromatic carbocycles. The van der Waals surface area contributed by atoms with E-state index < -0.39 is 22.9 Å². The summed E-state index contributed by atoms with van der Waals surface area (Å²) in [7, 11) is 0. The zero-order valence-electron chi connectivity index (χ0n) is 7.02. The molecule has 1 heterocycles.